The first kappa shape index (κ1) is 24.5. The van der Waals surface area contributed by atoms with Gasteiger partial charge in [-0.3, -0.25) is 19.2 Å². The molecule has 0 unspecified atom stereocenters. The Hall–Kier alpha value is -3.62. The summed E-state index contributed by atoms with van der Waals surface area (Å²) in [6, 6.07) is 14.3. The molecule has 0 spiro atoms. The van der Waals surface area contributed by atoms with Gasteiger partial charge in [-0.1, -0.05) is 47.5 Å². The second-order valence-corrected chi connectivity index (χ2v) is 8.89. The molecule has 0 atom stereocenters. The van der Waals surface area contributed by atoms with E-state index in [9.17, 15) is 19.2 Å². The molecular weight excluding hydrogens is 493 g/mol. The third-order valence-corrected chi connectivity index (χ3v) is 5.95. The molecular formula is C25H21Cl2N3O5. The molecule has 0 saturated heterocycles. The topological polar surface area (TPSA) is 117 Å². The number of ether oxygens (including phenoxy) is 1. The number of halogens is 2. The summed E-state index contributed by atoms with van der Waals surface area (Å²) in [5, 5.41) is 6.34. The van der Waals surface area contributed by atoms with Gasteiger partial charge >= 0.3 is 5.97 Å². The number of aromatic nitrogens is 1. The van der Waals surface area contributed by atoms with Crippen molar-refractivity contribution < 1.29 is 19.1 Å². The summed E-state index contributed by atoms with van der Waals surface area (Å²) in [6.45, 7) is -0.303. The van der Waals surface area contributed by atoms with Gasteiger partial charge in [0.1, 0.15) is 11.3 Å². The smallest absolute Gasteiger partial charge is 0.310 e. The molecule has 0 aliphatic heterocycles. The third-order valence-electron chi connectivity index (χ3n) is 5.44. The average molecular weight is 514 g/mol. The molecule has 1 saturated carbocycles. The van der Waals surface area contributed by atoms with Gasteiger partial charge in [0.05, 0.1) is 12.0 Å². The number of amides is 2. The highest BCUT2D eigenvalue weighted by Gasteiger charge is 2.31. The lowest BCUT2D eigenvalue weighted by atomic mass is 9.98. The van der Waals surface area contributed by atoms with Crippen molar-refractivity contribution >= 4 is 41.0 Å². The zero-order chi connectivity index (χ0) is 24.9. The first-order valence-corrected chi connectivity index (χ1v) is 11.6. The van der Waals surface area contributed by atoms with Crippen LogP contribution in [0, 0.1) is 5.92 Å². The molecule has 3 N–H and O–H groups in total. The molecule has 1 aliphatic carbocycles. The van der Waals surface area contributed by atoms with Crippen LogP contribution in [0.3, 0.4) is 0 Å². The van der Waals surface area contributed by atoms with Gasteiger partial charge in [-0.25, -0.2) is 0 Å². The fourth-order valence-corrected chi connectivity index (χ4v) is 3.62. The van der Waals surface area contributed by atoms with Crippen molar-refractivity contribution in [2.45, 2.75) is 18.9 Å². The third kappa shape index (κ3) is 6.29. The Bertz CT molecular complexity index is 1260. The predicted octanol–water partition coefficient (Wildman–Crippen LogP) is 3.84. The quantitative estimate of drug-likeness (QED) is 0.312. The van der Waals surface area contributed by atoms with Crippen LogP contribution >= 0.6 is 23.2 Å². The van der Waals surface area contributed by atoms with E-state index in [1.165, 1.54) is 6.20 Å². The van der Waals surface area contributed by atoms with E-state index in [0.29, 0.717) is 10.0 Å². The number of hydrogen-bond donors (Lipinski definition) is 3. The van der Waals surface area contributed by atoms with Gasteiger partial charge < -0.3 is 20.4 Å². The summed E-state index contributed by atoms with van der Waals surface area (Å²) < 4.78 is 4.95. The van der Waals surface area contributed by atoms with Crippen molar-refractivity contribution in [2.75, 3.05) is 6.73 Å². The van der Waals surface area contributed by atoms with Gasteiger partial charge in [0.25, 0.3) is 11.8 Å². The number of rotatable bonds is 8. The molecule has 0 bridgehead atoms. The minimum Gasteiger partial charge on any atom is -0.444 e. The largest absolute Gasteiger partial charge is 0.444 e. The molecule has 1 heterocycles. The summed E-state index contributed by atoms with van der Waals surface area (Å²) in [5.74, 6) is -1.72. The van der Waals surface area contributed by atoms with Crippen LogP contribution in [0.2, 0.25) is 10.0 Å². The summed E-state index contributed by atoms with van der Waals surface area (Å²) >= 11 is 12.0. The normalized spacial score (nSPS) is 12.8. The van der Waals surface area contributed by atoms with Crippen LogP contribution in [-0.2, 0) is 9.53 Å². The Labute approximate surface area is 210 Å². The van der Waals surface area contributed by atoms with Crippen LogP contribution in [0.5, 0.6) is 0 Å². The Kier molecular flexibility index (Phi) is 7.53. The highest BCUT2D eigenvalue weighted by molar-refractivity contribution is 6.30. The lowest BCUT2D eigenvalue weighted by molar-refractivity contribution is -0.145. The Morgan fingerprint density at radius 2 is 1.51 bits per heavy atom. The van der Waals surface area contributed by atoms with Gasteiger partial charge in [-0.05, 0) is 48.2 Å². The number of pyridine rings is 1. The molecule has 1 aromatic heterocycles. The molecule has 35 heavy (non-hydrogen) atoms. The van der Waals surface area contributed by atoms with Crippen LogP contribution in [-0.4, -0.2) is 29.5 Å². The number of hydrogen-bond acceptors (Lipinski definition) is 5. The van der Waals surface area contributed by atoms with Crippen molar-refractivity contribution in [3.63, 3.8) is 0 Å². The maximum absolute atomic E-state index is 13.0. The maximum Gasteiger partial charge on any atom is 0.310 e. The fourth-order valence-electron chi connectivity index (χ4n) is 3.36. The van der Waals surface area contributed by atoms with E-state index in [1.807, 2.05) is 0 Å². The molecule has 1 fully saturated rings. The highest BCUT2D eigenvalue weighted by Crippen LogP contribution is 2.30. The fraction of sp³-hybridized carbons (Fsp3) is 0.200. The minimum absolute atomic E-state index is 0.0685. The number of aromatic amines is 1. The van der Waals surface area contributed by atoms with Gasteiger partial charge in [0, 0.05) is 22.3 Å². The summed E-state index contributed by atoms with van der Waals surface area (Å²) in [4.78, 5) is 52.1. The summed E-state index contributed by atoms with van der Waals surface area (Å²) in [6.07, 6.45) is 2.75. The zero-order valence-electron chi connectivity index (χ0n) is 18.3. The molecule has 1 aliphatic rings. The number of benzene rings is 2. The van der Waals surface area contributed by atoms with E-state index in [1.54, 1.807) is 48.5 Å². The van der Waals surface area contributed by atoms with Gasteiger partial charge in [0.2, 0.25) is 0 Å². The molecule has 8 nitrogen and oxygen atoms in total. The minimum atomic E-state index is -0.646. The standard InChI is InChI=1S/C25H21Cl2N3O5/c26-17-7-3-14(4-8-17)22(15-5-9-18(27)10-6-15)30-23(32)19-12-28-20(11-21(19)31)24(33)29-13-35-25(34)16-1-2-16/h3-12,16,22H,1-2,13H2,(H,28,31)(H,29,33)(H,30,32). The Morgan fingerprint density at radius 3 is 2.03 bits per heavy atom. The van der Waals surface area contributed by atoms with Crippen LogP contribution < -0.4 is 16.1 Å². The molecule has 10 heteroatoms. The van der Waals surface area contributed by atoms with E-state index in [-0.39, 0.29) is 29.9 Å². The molecule has 3 aromatic rings. The van der Waals surface area contributed by atoms with Gasteiger partial charge in [0.15, 0.2) is 12.2 Å². The van der Waals surface area contributed by atoms with Crippen LogP contribution in [0.1, 0.15) is 50.9 Å². The van der Waals surface area contributed by atoms with Crippen molar-refractivity contribution in [3.8, 4) is 0 Å². The van der Waals surface area contributed by atoms with Gasteiger partial charge in [-0.15, -0.1) is 0 Å². The first-order chi connectivity index (χ1) is 16.8. The van der Waals surface area contributed by atoms with E-state index in [0.717, 1.165) is 30.0 Å². The predicted molar refractivity (Wildman–Crippen MR) is 130 cm³/mol. The number of carbonyl (C=O) groups excluding carboxylic acids is 3. The Balaban J connectivity index is 1.48. The number of nitrogens with one attached hydrogen (secondary N) is 3. The zero-order valence-corrected chi connectivity index (χ0v) is 19.9. The van der Waals surface area contributed by atoms with Crippen molar-refractivity contribution in [1.29, 1.82) is 0 Å². The lowest BCUT2D eigenvalue weighted by Gasteiger charge is -2.20. The van der Waals surface area contributed by atoms with Crippen molar-refractivity contribution in [1.82, 2.24) is 15.6 Å². The lowest BCUT2D eigenvalue weighted by Crippen LogP contribution is -2.34. The summed E-state index contributed by atoms with van der Waals surface area (Å²) in [7, 11) is 0. The summed E-state index contributed by atoms with van der Waals surface area (Å²) in [5.41, 5.74) is 0.611. The van der Waals surface area contributed by atoms with Crippen molar-refractivity contribution in [2.24, 2.45) is 5.92 Å². The molecule has 4 rings (SSSR count). The molecule has 180 valence electrons. The van der Waals surface area contributed by atoms with Crippen LogP contribution in [0.15, 0.2) is 65.6 Å². The van der Waals surface area contributed by atoms with Crippen LogP contribution in [0.25, 0.3) is 0 Å². The number of esters is 1. The first-order valence-electron chi connectivity index (χ1n) is 10.8. The monoisotopic (exact) mass is 513 g/mol. The van der Waals surface area contributed by atoms with Gasteiger partial charge in [-0.2, -0.15) is 0 Å². The molecule has 2 aromatic carbocycles. The van der Waals surface area contributed by atoms with Crippen LogP contribution in [0.4, 0.5) is 0 Å². The average Bonchev–Trinajstić information content (AvgIpc) is 3.69. The van der Waals surface area contributed by atoms with E-state index >= 15 is 0 Å². The Morgan fingerprint density at radius 1 is 0.943 bits per heavy atom. The number of H-pyrrole nitrogens is 1. The van der Waals surface area contributed by atoms with E-state index < -0.39 is 23.3 Å². The maximum atomic E-state index is 13.0. The van der Waals surface area contributed by atoms with E-state index in [2.05, 4.69) is 15.6 Å². The second kappa shape index (κ2) is 10.8. The molecule has 0 radical (unpaired) electrons. The van der Waals surface area contributed by atoms with Crippen molar-refractivity contribution in [3.05, 3.63) is 103 Å². The SMILES string of the molecule is O=C(NCOC(=O)C1CC1)c1cc(=O)c(C(=O)NC(c2ccc(Cl)cc2)c2ccc(Cl)cc2)c[nH]1. The van der Waals surface area contributed by atoms with E-state index in [4.69, 9.17) is 27.9 Å². The number of carbonyl (C=O) groups is 3. The molecule has 2 amide bonds. The highest BCUT2D eigenvalue weighted by atomic mass is 35.5. The second-order valence-electron chi connectivity index (χ2n) is 8.02.